The van der Waals surface area contributed by atoms with Gasteiger partial charge >= 0.3 is 7.48 Å². The number of fused-ring (bicyclic) bond motifs is 5. The highest BCUT2D eigenvalue weighted by molar-refractivity contribution is 6.51. The maximum absolute atomic E-state index is 10.5. The minimum absolute atomic E-state index is 0.564. The van der Waals surface area contributed by atoms with Crippen molar-refractivity contribution in [2.75, 3.05) is 0 Å². The van der Waals surface area contributed by atoms with Crippen LogP contribution in [-0.2, 0) is 4.65 Å². The zero-order chi connectivity index (χ0) is 25.8. The van der Waals surface area contributed by atoms with E-state index in [0.29, 0.717) is 22.6 Å². The predicted molar refractivity (Wildman–Crippen MR) is 149 cm³/mol. The van der Waals surface area contributed by atoms with Gasteiger partial charge in [-0.3, -0.25) is 0 Å². The molecule has 0 bridgehead atoms. The Kier molecular flexibility index (Phi) is 5.48. The van der Waals surface area contributed by atoms with Crippen molar-refractivity contribution in [3.63, 3.8) is 0 Å². The van der Waals surface area contributed by atoms with Gasteiger partial charge in [0.1, 0.15) is 16.7 Å². The standard InChI is InChI=1S/C31H27BNO4/c1-30(2,34)31(3,4)37-32-23-12-8-11-22-26-25(35-27(22)23)18-17-24-28(26)36-29(33-24)21-15-13-20(14-16-21)19-9-6-5-7-10-19/h5-18,34H,1-4H3. The van der Waals surface area contributed by atoms with E-state index in [2.05, 4.69) is 24.3 Å². The fraction of sp³-hybridized carbons (Fsp3) is 0.194. The van der Waals surface area contributed by atoms with Gasteiger partial charge < -0.3 is 18.6 Å². The lowest BCUT2D eigenvalue weighted by molar-refractivity contribution is -0.0893. The van der Waals surface area contributed by atoms with Crippen LogP contribution in [-0.4, -0.2) is 28.8 Å². The number of hydrogen-bond donors (Lipinski definition) is 1. The minimum Gasteiger partial charge on any atom is -0.456 e. The average Bonchev–Trinajstić information content (AvgIpc) is 3.49. The van der Waals surface area contributed by atoms with Gasteiger partial charge in [-0.2, -0.15) is 0 Å². The molecule has 0 amide bonds. The molecule has 5 nitrogen and oxygen atoms in total. The van der Waals surface area contributed by atoms with E-state index in [1.807, 2.05) is 74.5 Å². The first kappa shape index (κ1) is 23.5. The molecule has 1 N–H and O–H groups in total. The van der Waals surface area contributed by atoms with E-state index in [1.165, 1.54) is 5.56 Å². The van der Waals surface area contributed by atoms with Crippen LogP contribution in [0.3, 0.4) is 0 Å². The Bertz CT molecular complexity index is 1720. The molecule has 0 spiro atoms. The second-order valence-electron chi connectivity index (χ2n) is 10.4. The average molecular weight is 488 g/mol. The van der Waals surface area contributed by atoms with Crippen molar-refractivity contribution in [1.82, 2.24) is 4.98 Å². The molecular formula is C31H27BNO4. The second kappa shape index (κ2) is 8.61. The maximum Gasteiger partial charge on any atom is 0.334 e. The van der Waals surface area contributed by atoms with Gasteiger partial charge in [-0.15, -0.1) is 0 Å². The lowest BCUT2D eigenvalue weighted by Crippen LogP contribution is -2.49. The fourth-order valence-electron chi connectivity index (χ4n) is 4.30. The van der Waals surface area contributed by atoms with Gasteiger partial charge in [-0.1, -0.05) is 60.7 Å². The van der Waals surface area contributed by atoms with Gasteiger partial charge in [-0.05, 0) is 68.6 Å². The number of para-hydroxylation sites is 1. The van der Waals surface area contributed by atoms with Crippen molar-refractivity contribution >= 4 is 46.0 Å². The number of benzene rings is 4. The third-order valence-electron chi connectivity index (χ3n) is 7.24. The van der Waals surface area contributed by atoms with Crippen LogP contribution in [0.25, 0.3) is 55.6 Å². The summed E-state index contributed by atoms with van der Waals surface area (Å²) in [6, 6.07) is 28.3. The van der Waals surface area contributed by atoms with Crippen molar-refractivity contribution in [1.29, 1.82) is 0 Å². The van der Waals surface area contributed by atoms with Crippen molar-refractivity contribution in [2.45, 2.75) is 38.9 Å². The summed E-state index contributed by atoms with van der Waals surface area (Å²) >= 11 is 0. The van der Waals surface area contributed by atoms with Crippen LogP contribution in [0.1, 0.15) is 27.7 Å². The molecule has 37 heavy (non-hydrogen) atoms. The minimum atomic E-state index is -1.02. The summed E-state index contributed by atoms with van der Waals surface area (Å²) in [6.45, 7) is 7.18. The number of aliphatic hydroxyl groups is 1. The predicted octanol–water partition coefficient (Wildman–Crippen LogP) is 6.87. The molecule has 0 aliphatic rings. The number of nitrogens with zero attached hydrogens (tertiary/aromatic N) is 1. The van der Waals surface area contributed by atoms with E-state index in [0.717, 1.165) is 32.9 Å². The zero-order valence-electron chi connectivity index (χ0n) is 21.3. The largest absolute Gasteiger partial charge is 0.456 e. The van der Waals surface area contributed by atoms with Gasteiger partial charge in [0.05, 0.1) is 16.6 Å². The van der Waals surface area contributed by atoms with Gasteiger partial charge in [-0.25, -0.2) is 4.98 Å². The van der Waals surface area contributed by atoms with Crippen LogP contribution in [0.5, 0.6) is 0 Å². The lowest BCUT2D eigenvalue weighted by atomic mass is 9.82. The van der Waals surface area contributed by atoms with Crippen LogP contribution in [0.4, 0.5) is 0 Å². The Balaban J connectivity index is 1.39. The van der Waals surface area contributed by atoms with Gasteiger partial charge in [0.2, 0.25) is 5.89 Å². The van der Waals surface area contributed by atoms with Gasteiger partial charge in [0.15, 0.2) is 5.58 Å². The topological polar surface area (TPSA) is 68.6 Å². The highest BCUT2D eigenvalue weighted by Gasteiger charge is 2.36. The molecule has 4 aromatic carbocycles. The summed E-state index contributed by atoms with van der Waals surface area (Å²) in [4.78, 5) is 4.77. The van der Waals surface area contributed by atoms with Crippen LogP contribution in [0.2, 0.25) is 0 Å². The first-order chi connectivity index (χ1) is 17.7. The summed E-state index contributed by atoms with van der Waals surface area (Å²) in [5, 5.41) is 12.2. The maximum atomic E-state index is 10.5. The zero-order valence-corrected chi connectivity index (χ0v) is 21.3. The van der Waals surface area contributed by atoms with Crippen LogP contribution >= 0.6 is 0 Å². The monoisotopic (exact) mass is 488 g/mol. The van der Waals surface area contributed by atoms with Crippen LogP contribution in [0, 0.1) is 0 Å². The van der Waals surface area contributed by atoms with Crippen LogP contribution < -0.4 is 5.46 Å². The van der Waals surface area contributed by atoms with Crippen LogP contribution in [0.15, 0.2) is 93.8 Å². The number of furan rings is 1. The number of oxazole rings is 1. The first-order valence-electron chi connectivity index (χ1n) is 12.4. The summed E-state index contributed by atoms with van der Waals surface area (Å²) in [6.07, 6.45) is 0. The molecule has 0 atom stereocenters. The Morgan fingerprint density at radius 2 is 1.43 bits per heavy atom. The van der Waals surface area contributed by atoms with Gasteiger partial charge in [0.25, 0.3) is 0 Å². The van der Waals surface area contributed by atoms with Crippen molar-refractivity contribution in [2.24, 2.45) is 0 Å². The molecule has 6 aromatic rings. The van der Waals surface area contributed by atoms with E-state index < -0.39 is 11.2 Å². The molecule has 183 valence electrons. The molecule has 2 aromatic heterocycles. The molecule has 2 heterocycles. The fourth-order valence-corrected chi connectivity index (χ4v) is 4.30. The first-order valence-corrected chi connectivity index (χ1v) is 12.4. The molecule has 6 rings (SSSR count). The Labute approximate surface area is 216 Å². The highest BCUT2D eigenvalue weighted by atomic mass is 16.5. The molecule has 0 fully saturated rings. The third-order valence-corrected chi connectivity index (χ3v) is 7.24. The summed E-state index contributed by atoms with van der Waals surface area (Å²) in [5.74, 6) is 0.564. The lowest BCUT2D eigenvalue weighted by Gasteiger charge is -2.37. The number of aromatic nitrogens is 1. The Morgan fingerprint density at radius 3 is 2.16 bits per heavy atom. The molecule has 6 heteroatoms. The highest BCUT2D eigenvalue weighted by Crippen LogP contribution is 2.36. The second-order valence-corrected chi connectivity index (χ2v) is 10.4. The van der Waals surface area contributed by atoms with E-state index >= 15 is 0 Å². The molecule has 0 aliphatic carbocycles. The van der Waals surface area contributed by atoms with E-state index in [-0.39, 0.29) is 0 Å². The Morgan fingerprint density at radius 1 is 0.730 bits per heavy atom. The molecule has 0 aliphatic heterocycles. The third kappa shape index (κ3) is 4.12. The van der Waals surface area contributed by atoms with E-state index in [4.69, 9.17) is 18.5 Å². The van der Waals surface area contributed by atoms with Crippen molar-refractivity contribution < 1.29 is 18.6 Å². The molecule has 0 saturated carbocycles. The molecule has 0 unspecified atom stereocenters. The van der Waals surface area contributed by atoms with Crippen molar-refractivity contribution in [3.8, 4) is 22.6 Å². The molecular weight excluding hydrogens is 461 g/mol. The normalized spacial score (nSPS) is 12.6. The SMILES string of the molecule is CC(C)(O)C(C)(C)O[B]c1cccc2c1oc1ccc3nc(-c4ccc(-c5ccccc5)cc4)oc3c12. The Hall–Kier alpha value is -3.87. The number of rotatable bonds is 6. The smallest absolute Gasteiger partial charge is 0.334 e. The summed E-state index contributed by atoms with van der Waals surface area (Å²) in [5.41, 5.74) is 5.07. The quantitative estimate of drug-likeness (QED) is 0.259. The van der Waals surface area contributed by atoms with Gasteiger partial charge in [0, 0.05) is 10.9 Å². The van der Waals surface area contributed by atoms with E-state index in [9.17, 15) is 5.11 Å². The summed E-state index contributed by atoms with van der Waals surface area (Å²) < 4.78 is 18.6. The van der Waals surface area contributed by atoms with Crippen molar-refractivity contribution in [3.05, 3.63) is 84.9 Å². The summed E-state index contributed by atoms with van der Waals surface area (Å²) in [7, 11) is 1.65. The number of hydrogen-bond acceptors (Lipinski definition) is 5. The molecule has 0 saturated heterocycles. The van der Waals surface area contributed by atoms with E-state index in [1.54, 1.807) is 21.3 Å². The molecule has 1 radical (unpaired) electrons.